The smallest absolute Gasteiger partial charge is 0.343 e. The lowest BCUT2D eigenvalue weighted by atomic mass is 9.92. The van der Waals surface area contributed by atoms with Crippen molar-refractivity contribution in [2.45, 2.75) is 74.7 Å². The maximum absolute atomic E-state index is 13.8. The molecule has 0 unspecified atom stereocenters. The van der Waals surface area contributed by atoms with Gasteiger partial charge in [-0.25, -0.2) is 9.79 Å². The van der Waals surface area contributed by atoms with Gasteiger partial charge in [0.15, 0.2) is 5.76 Å². The van der Waals surface area contributed by atoms with E-state index in [0.29, 0.717) is 46.5 Å². The maximum Gasteiger partial charge on any atom is 0.343 e. The fourth-order valence-corrected chi connectivity index (χ4v) is 6.59. The van der Waals surface area contributed by atoms with Gasteiger partial charge in [0.25, 0.3) is 11.4 Å². The zero-order valence-electron chi connectivity index (χ0n) is 31.9. The number of nitrogens with one attached hydrogen (secondary N) is 1. The van der Waals surface area contributed by atoms with Crippen LogP contribution in [-0.4, -0.2) is 33.3 Å². The zero-order valence-corrected chi connectivity index (χ0v) is 31.9. The summed E-state index contributed by atoms with van der Waals surface area (Å²) in [7, 11) is 0. The largest absolute Gasteiger partial charge is 0.462 e. The fraction of sp³-hybridized carbons (Fsp3) is 0.317. The van der Waals surface area contributed by atoms with Crippen LogP contribution in [0.25, 0.3) is 5.76 Å². The number of carbonyl (C=O) groups is 1. The van der Waals surface area contributed by atoms with Gasteiger partial charge in [0.05, 0.1) is 22.1 Å². The van der Waals surface area contributed by atoms with Crippen molar-refractivity contribution in [3.8, 4) is 23.1 Å². The number of non-ortho nitro benzene ring substituents is 2. The van der Waals surface area contributed by atoms with Crippen LogP contribution in [0.3, 0.4) is 0 Å². The van der Waals surface area contributed by atoms with Crippen molar-refractivity contribution in [1.29, 1.82) is 0 Å². The van der Waals surface area contributed by atoms with E-state index in [2.05, 4.69) is 4.98 Å². The molecular formula is C41H44N4O9. The third kappa shape index (κ3) is 8.04. The summed E-state index contributed by atoms with van der Waals surface area (Å²) >= 11 is 0. The van der Waals surface area contributed by atoms with Gasteiger partial charge in [-0.1, -0.05) is 52.3 Å². The summed E-state index contributed by atoms with van der Waals surface area (Å²) in [5, 5.41) is 22.6. The first-order valence-corrected chi connectivity index (χ1v) is 17.7. The molecule has 3 aromatic carbocycles. The molecular weight excluding hydrogens is 692 g/mol. The number of carbonyl (C=O) groups excluding carboxylic acids is 1. The van der Waals surface area contributed by atoms with Crippen LogP contribution in [-0.2, 0) is 4.74 Å². The zero-order chi connectivity index (χ0) is 39.4. The van der Waals surface area contributed by atoms with Crippen LogP contribution in [0.5, 0.6) is 23.1 Å². The summed E-state index contributed by atoms with van der Waals surface area (Å²) in [6.45, 7) is 17.7. The average Bonchev–Trinajstić information content (AvgIpc) is 3.67. The number of aryl methyl sites for hydroxylation is 3. The minimum Gasteiger partial charge on any atom is -0.462 e. The molecule has 54 heavy (non-hydrogen) atoms. The Kier molecular flexibility index (Phi) is 11.7. The Balaban J connectivity index is 1.82. The number of nitrogens with zero attached hydrogens (tertiary/aromatic N) is 3. The summed E-state index contributed by atoms with van der Waals surface area (Å²) in [4.78, 5) is 43.9. The van der Waals surface area contributed by atoms with E-state index in [9.17, 15) is 25.0 Å². The van der Waals surface area contributed by atoms with Gasteiger partial charge in [0, 0.05) is 35.4 Å². The van der Waals surface area contributed by atoms with E-state index in [1.807, 2.05) is 67.5 Å². The van der Waals surface area contributed by atoms with E-state index in [0.717, 1.165) is 27.8 Å². The van der Waals surface area contributed by atoms with Gasteiger partial charge < -0.3 is 23.9 Å². The quantitative estimate of drug-likeness (QED) is 0.0607. The standard InChI is InChI=1S/C41H44N4O9/c1-10-31-32(22(3)4)35(42-39(31)52-29-16-12-27(13-17-29)44(47)48)38(54-37-25(8)20-24(7)21-26(37)9)36-33(23(5)6)34(41(46)51-11-2)40(43-36)53-30-18-14-28(15-19-30)45(49)50/h12-23,43H,10-11H2,1-9H3/b38-35+. The Hall–Kier alpha value is -6.24. The molecule has 1 aromatic heterocycles. The monoisotopic (exact) mass is 736 g/mol. The van der Waals surface area contributed by atoms with Crippen molar-refractivity contribution >= 4 is 29.0 Å². The van der Waals surface area contributed by atoms with Gasteiger partial charge in [-0.05, 0) is 86.9 Å². The highest BCUT2D eigenvalue weighted by molar-refractivity contribution is 6.02. The Bertz CT molecular complexity index is 2170. The lowest BCUT2D eigenvalue weighted by Crippen LogP contribution is -2.11. The summed E-state index contributed by atoms with van der Waals surface area (Å²) in [5.41, 5.74) is 5.91. The van der Waals surface area contributed by atoms with Crippen molar-refractivity contribution in [3.05, 3.63) is 131 Å². The van der Waals surface area contributed by atoms with E-state index >= 15 is 0 Å². The average molecular weight is 737 g/mol. The number of aromatic amines is 1. The second kappa shape index (κ2) is 16.2. The summed E-state index contributed by atoms with van der Waals surface area (Å²) in [6, 6.07) is 15.4. The number of esters is 1. The van der Waals surface area contributed by atoms with Crippen LogP contribution in [0.1, 0.15) is 92.2 Å². The topological polar surface area (TPSA) is 168 Å². The highest BCUT2D eigenvalue weighted by Gasteiger charge is 2.36. The van der Waals surface area contributed by atoms with Gasteiger partial charge >= 0.3 is 5.97 Å². The van der Waals surface area contributed by atoms with Crippen molar-refractivity contribution in [2.75, 3.05) is 6.61 Å². The molecule has 13 heteroatoms. The molecule has 0 saturated carbocycles. The molecule has 1 aliphatic heterocycles. The minimum absolute atomic E-state index is 0.0650. The molecule has 0 atom stereocenters. The number of nitro benzene ring substituents is 2. The lowest BCUT2D eigenvalue weighted by molar-refractivity contribution is -0.385. The molecule has 2 heterocycles. The van der Waals surface area contributed by atoms with Crippen molar-refractivity contribution in [1.82, 2.24) is 4.98 Å². The van der Waals surface area contributed by atoms with E-state index in [-0.39, 0.29) is 47.0 Å². The third-order valence-electron chi connectivity index (χ3n) is 8.82. The number of benzene rings is 3. The first-order valence-electron chi connectivity index (χ1n) is 17.7. The molecule has 0 aliphatic carbocycles. The van der Waals surface area contributed by atoms with Gasteiger partial charge in [0.1, 0.15) is 28.5 Å². The van der Waals surface area contributed by atoms with E-state index in [1.165, 1.54) is 48.5 Å². The van der Waals surface area contributed by atoms with Crippen LogP contribution in [0, 0.1) is 46.9 Å². The molecule has 0 fully saturated rings. The van der Waals surface area contributed by atoms with Crippen molar-refractivity contribution < 1.29 is 33.6 Å². The van der Waals surface area contributed by atoms with Crippen LogP contribution >= 0.6 is 0 Å². The van der Waals surface area contributed by atoms with Gasteiger partial charge in [0.2, 0.25) is 11.8 Å². The molecule has 0 amide bonds. The molecule has 0 spiro atoms. The number of hydrogen-bond donors (Lipinski definition) is 1. The number of allylic oxidation sites excluding steroid dienone is 1. The molecule has 0 radical (unpaired) electrons. The normalized spacial score (nSPS) is 13.6. The van der Waals surface area contributed by atoms with Crippen LogP contribution in [0.2, 0.25) is 0 Å². The van der Waals surface area contributed by atoms with Crippen LogP contribution < -0.4 is 14.2 Å². The molecule has 0 bridgehead atoms. The predicted molar refractivity (Wildman–Crippen MR) is 206 cm³/mol. The number of H-pyrrole nitrogens is 1. The number of aliphatic imine (C=N–C) groups is 1. The van der Waals surface area contributed by atoms with Crippen molar-refractivity contribution in [2.24, 2.45) is 10.9 Å². The Morgan fingerprint density at radius 2 is 1.35 bits per heavy atom. The number of hydrogen-bond acceptors (Lipinski definition) is 10. The SMILES string of the molecule is CCOC(=O)c1c(Oc2ccc([N+](=O)[O-])cc2)[nH]c(/C(Oc2c(C)cc(C)cc2C)=C2\N=C(Oc3ccc([N+](=O)[O-])cc3)C(CC)=C2C(C)C)c1C(C)C. The van der Waals surface area contributed by atoms with E-state index in [4.69, 9.17) is 23.9 Å². The molecule has 5 rings (SSSR count). The highest BCUT2D eigenvalue weighted by Crippen LogP contribution is 2.45. The lowest BCUT2D eigenvalue weighted by Gasteiger charge is -2.20. The summed E-state index contributed by atoms with van der Waals surface area (Å²) in [6.07, 6.45) is 0.545. The number of ether oxygens (including phenoxy) is 4. The molecule has 1 aliphatic rings. The highest BCUT2D eigenvalue weighted by atomic mass is 16.6. The number of nitro groups is 2. The summed E-state index contributed by atoms with van der Waals surface area (Å²) < 4.78 is 25.2. The molecule has 13 nitrogen and oxygen atoms in total. The predicted octanol–water partition coefficient (Wildman–Crippen LogP) is 10.5. The molecule has 0 saturated heterocycles. The van der Waals surface area contributed by atoms with E-state index in [1.54, 1.807) is 6.92 Å². The minimum atomic E-state index is -0.626. The van der Waals surface area contributed by atoms with Crippen LogP contribution in [0.15, 0.2) is 82.5 Å². The number of rotatable bonds is 13. The van der Waals surface area contributed by atoms with Crippen molar-refractivity contribution in [3.63, 3.8) is 0 Å². The van der Waals surface area contributed by atoms with E-state index < -0.39 is 15.8 Å². The molecule has 1 N–H and O–H groups in total. The van der Waals surface area contributed by atoms with Crippen LogP contribution in [0.4, 0.5) is 11.4 Å². The van der Waals surface area contributed by atoms with Gasteiger partial charge in [-0.2, -0.15) is 0 Å². The first kappa shape index (κ1) is 39.0. The molecule has 282 valence electrons. The first-order chi connectivity index (χ1) is 25.6. The van der Waals surface area contributed by atoms with Gasteiger partial charge in [-0.15, -0.1) is 0 Å². The number of aromatic nitrogens is 1. The third-order valence-corrected chi connectivity index (χ3v) is 8.82. The fourth-order valence-electron chi connectivity index (χ4n) is 6.59. The summed E-state index contributed by atoms with van der Waals surface area (Å²) in [5.74, 6) is 0.939. The maximum atomic E-state index is 13.8. The van der Waals surface area contributed by atoms with Gasteiger partial charge in [-0.3, -0.25) is 20.2 Å². The second-order valence-electron chi connectivity index (χ2n) is 13.5. The molecule has 4 aromatic rings. The Morgan fingerprint density at radius 3 is 1.81 bits per heavy atom. The Morgan fingerprint density at radius 1 is 0.815 bits per heavy atom. The second-order valence-corrected chi connectivity index (χ2v) is 13.5. The Labute approximate surface area is 313 Å².